The number of fused-ring (bicyclic) bond motifs is 7. The maximum absolute atomic E-state index is 5.61. The molecular weight excluding hydrogens is 737 g/mol. The Bertz CT molecular complexity index is 3420. The van der Waals surface area contributed by atoms with Crippen molar-refractivity contribution in [1.82, 2.24) is 9.97 Å². The van der Waals surface area contributed by atoms with Crippen LogP contribution in [0.2, 0.25) is 0 Å². The summed E-state index contributed by atoms with van der Waals surface area (Å²) in [4.78, 5) is 11.2. The zero-order valence-corrected chi connectivity index (χ0v) is 33.3. The molecule has 0 atom stereocenters. The monoisotopic (exact) mass is 774 g/mol. The molecule has 12 rings (SSSR count). The molecule has 284 valence electrons. The van der Waals surface area contributed by atoms with Crippen LogP contribution in [0.1, 0.15) is 22.3 Å². The Hall–Kier alpha value is -7.94. The van der Waals surface area contributed by atoms with E-state index in [4.69, 9.17) is 9.97 Å². The summed E-state index contributed by atoms with van der Waals surface area (Å²) in [5.74, 6) is 0.705. The number of benzene rings is 10. The van der Waals surface area contributed by atoms with Crippen LogP contribution in [0.3, 0.4) is 0 Å². The van der Waals surface area contributed by atoms with E-state index in [0.29, 0.717) is 5.82 Å². The fourth-order valence-electron chi connectivity index (χ4n) is 10.1. The van der Waals surface area contributed by atoms with Crippen LogP contribution in [-0.4, -0.2) is 9.97 Å². The van der Waals surface area contributed by atoms with Crippen LogP contribution in [0.15, 0.2) is 231 Å². The third-order valence-electron chi connectivity index (χ3n) is 12.8. The normalized spacial score (nSPS) is 12.7. The van der Waals surface area contributed by atoms with Crippen molar-refractivity contribution in [3.63, 3.8) is 0 Å². The van der Waals surface area contributed by atoms with E-state index in [2.05, 4.69) is 231 Å². The van der Waals surface area contributed by atoms with Crippen LogP contribution < -0.4 is 0 Å². The molecule has 0 saturated carbocycles. The van der Waals surface area contributed by atoms with Gasteiger partial charge in [0.05, 0.1) is 16.8 Å². The highest BCUT2D eigenvalue weighted by atomic mass is 14.9. The summed E-state index contributed by atoms with van der Waals surface area (Å²) < 4.78 is 0. The molecule has 1 aromatic heterocycles. The highest BCUT2D eigenvalue weighted by Crippen LogP contribution is 2.56. The summed E-state index contributed by atoms with van der Waals surface area (Å²) in [6, 6.07) is 83.4. The third kappa shape index (κ3) is 5.50. The number of rotatable bonds is 6. The zero-order valence-electron chi connectivity index (χ0n) is 33.3. The summed E-state index contributed by atoms with van der Waals surface area (Å²) in [6.07, 6.45) is 0. The molecule has 0 radical (unpaired) electrons. The summed E-state index contributed by atoms with van der Waals surface area (Å²) >= 11 is 0. The van der Waals surface area contributed by atoms with E-state index in [0.717, 1.165) is 55.4 Å². The molecule has 0 fully saturated rings. The van der Waals surface area contributed by atoms with Crippen molar-refractivity contribution in [1.29, 1.82) is 0 Å². The van der Waals surface area contributed by atoms with Crippen molar-refractivity contribution in [2.45, 2.75) is 5.41 Å². The van der Waals surface area contributed by atoms with E-state index >= 15 is 0 Å². The molecule has 0 N–H and O–H groups in total. The fourth-order valence-corrected chi connectivity index (χ4v) is 10.1. The van der Waals surface area contributed by atoms with E-state index in [1.807, 2.05) is 0 Å². The molecule has 11 aromatic rings. The molecule has 0 saturated heterocycles. The molecule has 0 unspecified atom stereocenters. The highest BCUT2D eigenvalue weighted by Gasteiger charge is 2.46. The molecule has 0 aliphatic heterocycles. The van der Waals surface area contributed by atoms with Crippen molar-refractivity contribution in [2.75, 3.05) is 0 Å². The van der Waals surface area contributed by atoms with E-state index in [9.17, 15) is 0 Å². The standard InChI is InChI=1S/C59H38N2/c1-4-18-39(19-5-1)45-26-14-15-30-49(45)56-38-55(60-58(61-56)57-47-28-13-11-21-41(47)36-51-46-27-12-10-20-40(46)32-34-50(51)57)42-33-35-54-52(37-42)48-29-16-17-31-53(48)59(54,43-22-6-2-7-23-43)44-24-8-3-9-25-44/h1-38H. The molecule has 2 heteroatoms. The summed E-state index contributed by atoms with van der Waals surface area (Å²) in [5.41, 5.74) is 14.2. The van der Waals surface area contributed by atoms with Crippen LogP contribution in [0.5, 0.6) is 0 Å². The molecular formula is C59H38N2. The first-order valence-corrected chi connectivity index (χ1v) is 21.0. The van der Waals surface area contributed by atoms with Crippen LogP contribution >= 0.6 is 0 Å². The molecule has 10 aromatic carbocycles. The lowest BCUT2D eigenvalue weighted by Crippen LogP contribution is -2.28. The van der Waals surface area contributed by atoms with E-state index < -0.39 is 5.41 Å². The molecule has 0 spiro atoms. The van der Waals surface area contributed by atoms with Gasteiger partial charge in [-0.05, 0) is 95.0 Å². The SMILES string of the molecule is c1ccc(-c2ccccc2-c2cc(-c3ccc4c(c3)-c3ccccc3C4(c3ccccc3)c3ccccc3)nc(-c3c4ccccc4cc4c3ccc3ccccc34)n2)cc1. The minimum absolute atomic E-state index is 0.478. The Kier molecular flexibility index (Phi) is 8.11. The van der Waals surface area contributed by atoms with Gasteiger partial charge in [0.15, 0.2) is 5.82 Å². The van der Waals surface area contributed by atoms with Gasteiger partial charge in [0.25, 0.3) is 0 Å². The topological polar surface area (TPSA) is 25.8 Å². The van der Waals surface area contributed by atoms with Crippen LogP contribution in [0, 0.1) is 0 Å². The van der Waals surface area contributed by atoms with Crippen molar-refractivity contribution < 1.29 is 0 Å². The average Bonchev–Trinajstić information content (AvgIpc) is 3.64. The summed E-state index contributed by atoms with van der Waals surface area (Å²) in [7, 11) is 0. The Morgan fingerprint density at radius 3 is 1.62 bits per heavy atom. The van der Waals surface area contributed by atoms with Gasteiger partial charge in [-0.3, -0.25) is 0 Å². The predicted octanol–water partition coefficient (Wildman–Crippen LogP) is 15.0. The molecule has 0 bridgehead atoms. The van der Waals surface area contributed by atoms with Crippen molar-refractivity contribution >= 4 is 32.3 Å². The van der Waals surface area contributed by atoms with Gasteiger partial charge in [-0.1, -0.05) is 212 Å². The van der Waals surface area contributed by atoms with Gasteiger partial charge in [-0.15, -0.1) is 0 Å². The summed E-state index contributed by atoms with van der Waals surface area (Å²) in [5, 5.41) is 7.05. The maximum atomic E-state index is 5.61. The minimum Gasteiger partial charge on any atom is -0.228 e. The number of hydrogen-bond donors (Lipinski definition) is 0. The third-order valence-corrected chi connectivity index (χ3v) is 12.8. The first-order chi connectivity index (χ1) is 30.3. The Morgan fingerprint density at radius 2 is 0.869 bits per heavy atom. The predicted molar refractivity (Wildman–Crippen MR) is 254 cm³/mol. The molecule has 1 aliphatic carbocycles. The molecule has 1 aliphatic rings. The Labute approximate surface area is 355 Å². The van der Waals surface area contributed by atoms with Crippen molar-refractivity contribution in [3.05, 3.63) is 253 Å². The molecule has 61 heavy (non-hydrogen) atoms. The van der Waals surface area contributed by atoms with Crippen molar-refractivity contribution in [2.24, 2.45) is 0 Å². The second-order valence-electron chi connectivity index (χ2n) is 16.0. The molecule has 1 heterocycles. The molecule has 0 amide bonds. The highest BCUT2D eigenvalue weighted by molar-refractivity contribution is 6.19. The van der Waals surface area contributed by atoms with Crippen LogP contribution in [-0.2, 0) is 5.41 Å². The summed E-state index contributed by atoms with van der Waals surface area (Å²) in [6.45, 7) is 0. The zero-order chi connectivity index (χ0) is 40.3. The van der Waals surface area contributed by atoms with Crippen LogP contribution in [0.25, 0.3) is 88.5 Å². The van der Waals surface area contributed by atoms with Gasteiger partial charge in [0.1, 0.15) is 0 Å². The van der Waals surface area contributed by atoms with Crippen molar-refractivity contribution in [3.8, 4) is 56.2 Å². The maximum Gasteiger partial charge on any atom is 0.161 e. The Morgan fingerprint density at radius 1 is 0.295 bits per heavy atom. The fraction of sp³-hybridized carbons (Fsp3) is 0.0169. The van der Waals surface area contributed by atoms with Gasteiger partial charge < -0.3 is 0 Å². The quantitative estimate of drug-likeness (QED) is 0.124. The van der Waals surface area contributed by atoms with E-state index in [-0.39, 0.29) is 0 Å². The van der Waals surface area contributed by atoms with Gasteiger partial charge in [-0.25, -0.2) is 9.97 Å². The van der Waals surface area contributed by atoms with Gasteiger partial charge in [0, 0.05) is 16.7 Å². The molecule has 2 nitrogen and oxygen atoms in total. The van der Waals surface area contributed by atoms with Gasteiger partial charge in [-0.2, -0.15) is 0 Å². The smallest absolute Gasteiger partial charge is 0.161 e. The van der Waals surface area contributed by atoms with E-state index in [1.165, 1.54) is 49.5 Å². The number of nitrogens with zero attached hydrogens (tertiary/aromatic N) is 2. The Balaban J connectivity index is 1.15. The lowest BCUT2D eigenvalue weighted by Gasteiger charge is -2.33. The first kappa shape index (κ1) is 35.0. The van der Waals surface area contributed by atoms with Crippen LogP contribution in [0.4, 0.5) is 0 Å². The largest absolute Gasteiger partial charge is 0.228 e. The lowest BCUT2D eigenvalue weighted by molar-refractivity contribution is 0.768. The first-order valence-electron chi connectivity index (χ1n) is 21.0. The lowest BCUT2D eigenvalue weighted by atomic mass is 9.67. The minimum atomic E-state index is -0.478. The van der Waals surface area contributed by atoms with E-state index in [1.54, 1.807) is 0 Å². The van der Waals surface area contributed by atoms with Gasteiger partial charge in [0.2, 0.25) is 0 Å². The van der Waals surface area contributed by atoms with Gasteiger partial charge >= 0.3 is 0 Å². The average molecular weight is 775 g/mol. The second-order valence-corrected chi connectivity index (χ2v) is 16.0. The second kappa shape index (κ2) is 14.1. The number of hydrogen-bond acceptors (Lipinski definition) is 2. The number of aromatic nitrogens is 2.